The number of hydrogen-bond acceptors (Lipinski definition) is 2. The molecule has 0 aliphatic rings. The zero-order chi connectivity index (χ0) is 12.4. The SMILES string of the molecule is Cc1nn(-c2ccccc2CC=O)c(C)c1Br. The molecular formula is C13H13BrN2O. The van der Waals surface area contributed by atoms with Crippen LogP contribution in [-0.4, -0.2) is 16.1 Å². The van der Waals surface area contributed by atoms with Gasteiger partial charge in [0.25, 0.3) is 0 Å². The number of hydrogen-bond donors (Lipinski definition) is 0. The van der Waals surface area contributed by atoms with E-state index in [9.17, 15) is 4.79 Å². The van der Waals surface area contributed by atoms with Gasteiger partial charge in [0, 0.05) is 6.42 Å². The van der Waals surface area contributed by atoms with Crippen molar-refractivity contribution in [1.29, 1.82) is 0 Å². The number of para-hydroxylation sites is 1. The first-order valence-corrected chi connectivity index (χ1v) is 6.18. The summed E-state index contributed by atoms with van der Waals surface area (Å²) in [7, 11) is 0. The van der Waals surface area contributed by atoms with E-state index >= 15 is 0 Å². The van der Waals surface area contributed by atoms with E-state index in [1.807, 2.05) is 42.8 Å². The van der Waals surface area contributed by atoms with Gasteiger partial charge in [-0.15, -0.1) is 0 Å². The molecule has 4 heteroatoms. The van der Waals surface area contributed by atoms with Gasteiger partial charge >= 0.3 is 0 Å². The molecule has 3 nitrogen and oxygen atoms in total. The molecule has 0 aliphatic carbocycles. The van der Waals surface area contributed by atoms with Gasteiger partial charge in [0.1, 0.15) is 6.29 Å². The van der Waals surface area contributed by atoms with Crippen molar-refractivity contribution < 1.29 is 4.79 Å². The second kappa shape index (κ2) is 4.84. The predicted octanol–water partition coefficient (Wildman–Crippen LogP) is 2.99. The molecule has 0 atom stereocenters. The van der Waals surface area contributed by atoms with Gasteiger partial charge in [0.05, 0.1) is 21.5 Å². The van der Waals surface area contributed by atoms with Gasteiger partial charge in [0.15, 0.2) is 0 Å². The molecule has 0 amide bonds. The van der Waals surface area contributed by atoms with Crippen molar-refractivity contribution in [3.63, 3.8) is 0 Å². The summed E-state index contributed by atoms with van der Waals surface area (Å²) in [5.41, 5.74) is 3.94. The van der Waals surface area contributed by atoms with Crippen LogP contribution in [-0.2, 0) is 11.2 Å². The zero-order valence-corrected chi connectivity index (χ0v) is 11.4. The predicted molar refractivity (Wildman–Crippen MR) is 70.5 cm³/mol. The Morgan fingerprint density at radius 1 is 1.35 bits per heavy atom. The maximum atomic E-state index is 10.7. The Morgan fingerprint density at radius 3 is 2.65 bits per heavy atom. The first-order chi connectivity index (χ1) is 8.15. The molecule has 0 radical (unpaired) electrons. The van der Waals surface area contributed by atoms with Crippen molar-refractivity contribution in [2.45, 2.75) is 20.3 Å². The number of rotatable bonds is 3. The highest BCUT2D eigenvalue weighted by atomic mass is 79.9. The molecule has 1 aromatic carbocycles. The number of aryl methyl sites for hydroxylation is 1. The van der Waals surface area contributed by atoms with E-state index in [0.717, 1.165) is 33.4 Å². The van der Waals surface area contributed by atoms with Crippen molar-refractivity contribution in [2.24, 2.45) is 0 Å². The Balaban J connectivity index is 2.59. The maximum absolute atomic E-state index is 10.7. The number of benzene rings is 1. The summed E-state index contributed by atoms with van der Waals surface area (Å²) in [6, 6.07) is 7.82. The Bertz CT molecular complexity index is 561. The molecule has 0 saturated carbocycles. The zero-order valence-electron chi connectivity index (χ0n) is 9.77. The monoisotopic (exact) mass is 292 g/mol. The summed E-state index contributed by atoms with van der Waals surface area (Å²) >= 11 is 3.51. The second-order valence-corrected chi connectivity index (χ2v) is 4.69. The van der Waals surface area contributed by atoms with E-state index in [-0.39, 0.29) is 0 Å². The van der Waals surface area contributed by atoms with Crippen LogP contribution >= 0.6 is 15.9 Å². The molecule has 0 spiro atoms. The molecule has 0 unspecified atom stereocenters. The lowest BCUT2D eigenvalue weighted by Gasteiger charge is -2.08. The van der Waals surface area contributed by atoms with Gasteiger partial charge in [-0.2, -0.15) is 5.10 Å². The van der Waals surface area contributed by atoms with Gasteiger partial charge in [-0.1, -0.05) is 18.2 Å². The first-order valence-electron chi connectivity index (χ1n) is 5.38. The summed E-state index contributed by atoms with van der Waals surface area (Å²) < 4.78 is 2.89. The number of aldehydes is 1. The summed E-state index contributed by atoms with van der Waals surface area (Å²) in [5, 5.41) is 4.48. The largest absolute Gasteiger partial charge is 0.303 e. The lowest BCUT2D eigenvalue weighted by atomic mass is 10.1. The minimum Gasteiger partial charge on any atom is -0.303 e. The van der Waals surface area contributed by atoms with Crippen LogP contribution in [0.2, 0.25) is 0 Å². The smallest absolute Gasteiger partial charge is 0.124 e. The molecule has 88 valence electrons. The molecule has 0 saturated heterocycles. The van der Waals surface area contributed by atoms with Gasteiger partial charge in [0.2, 0.25) is 0 Å². The van der Waals surface area contributed by atoms with Crippen LogP contribution in [0, 0.1) is 13.8 Å². The molecule has 0 fully saturated rings. The number of nitrogens with zero attached hydrogens (tertiary/aromatic N) is 2. The highest BCUT2D eigenvalue weighted by Crippen LogP contribution is 2.24. The first kappa shape index (κ1) is 12.0. The standard InChI is InChI=1S/C13H13BrN2O/c1-9-13(14)10(2)16(15-9)12-6-4-3-5-11(12)7-8-17/h3-6,8H,7H2,1-2H3. The van der Waals surface area contributed by atoms with Gasteiger partial charge in [-0.25, -0.2) is 4.68 Å². The fourth-order valence-electron chi connectivity index (χ4n) is 1.84. The third-order valence-electron chi connectivity index (χ3n) is 2.73. The third kappa shape index (κ3) is 2.17. The molecule has 1 heterocycles. The molecule has 2 rings (SSSR count). The molecule has 0 aliphatic heterocycles. The molecular weight excluding hydrogens is 280 g/mol. The van der Waals surface area contributed by atoms with Crippen molar-refractivity contribution in [3.05, 3.63) is 45.7 Å². The molecule has 17 heavy (non-hydrogen) atoms. The Kier molecular flexibility index (Phi) is 3.43. The van der Waals surface area contributed by atoms with Crippen molar-refractivity contribution in [2.75, 3.05) is 0 Å². The normalized spacial score (nSPS) is 10.5. The number of aromatic nitrogens is 2. The van der Waals surface area contributed by atoms with E-state index in [0.29, 0.717) is 6.42 Å². The Morgan fingerprint density at radius 2 is 2.06 bits per heavy atom. The van der Waals surface area contributed by atoms with Gasteiger partial charge < -0.3 is 4.79 Å². The van der Waals surface area contributed by atoms with Crippen LogP contribution in [0.25, 0.3) is 5.69 Å². The van der Waals surface area contributed by atoms with Crippen LogP contribution in [0.3, 0.4) is 0 Å². The third-order valence-corrected chi connectivity index (χ3v) is 3.87. The van der Waals surface area contributed by atoms with Crippen molar-refractivity contribution in [3.8, 4) is 5.69 Å². The summed E-state index contributed by atoms with van der Waals surface area (Å²) in [5.74, 6) is 0. The van der Waals surface area contributed by atoms with E-state index in [4.69, 9.17) is 0 Å². The average Bonchev–Trinajstić information content (AvgIpc) is 2.58. The molecule has 1 aromatic heterocycles. The summed E-state index contributed by atoms with van der Waals surface area (Å²) in [4.78, 5) is 10.7. The highest BCUT2D eigenvalue weighted by molar-refractivity contribution is 9.10. The minimum absolute atomic E-state index is 0.409. The fraction of sp³-hybridized carbons (Fsp3) is 0.231. The van der Waals surface area contributed by atoms with E-state index in [1.165, 1.54) is 0 Å². The number of carbonyl (C=O) groups is 1. The van der Waals surface area contributed by atoms with Crippen molar-refractivity contribution >= 4 is 22.2 Å². The van der Waals surface area contributed by atoms with Crippen LogP contribution in [0.4, 0.5) is 0 Å². The van der Waals surface area contributed by atoms with Gasteiger partial charge in [-0.3, -0.25) is 0 Å². The summed E-state index contributed by atoms with van der Waals surface area (Å²) in [6.07, 6.45) is 1.33. The quantitative estimate of drug-likeness (QED) is 0.815. The van der Waals surface area contributed by atoms with E-state index in [2.05, 4.69) is 21.0 Å². The van der Waals surface area contributed by atoms with E-state index < -0.39 is 0 Å². The molecule has 0 bridgehead atoms. The number of halogens is 1. The summed E-state index contributed by atoms with van der Waals surface area (Å²) in [6.45, 7) is 3.96. The Hall–Kier alpha value is -1.42. The number of carbonyl (C=O) groups excluding carboxylic acids is 1. The lowest BCUT2D eigenvalue weighted by Crippen LogP contribution is -2.03. The van der Waals surface area contributed by atoms with Crippen LogP contribution in [0.5, 0.6) is 0 Å². The molecule has 2 aromatic rings. The van der Waals surface area contributed by atoms with Crippen LogP contribution in [0.1, 0.15) is 17.0 Å². The highest BCUT2D eigenvalue weighted by Gasteiger charge is 2.12. The minimum atomic E-state index is 0.409. The average molecular weight is 293 g/mol. The van der Waals surface area contributed by atoms with Gasteiger partial charge in [-0.05, 0) is 41.4 Å². The van der Waals surface area contributed by atoms with Crippen LogP contribution < -0.4 is 0 Å². The maximum Gasteiger partial charge on any atom is 0.124 e. The Labute approximate surface area is 109 Å². The van der Waals surface area contributed by atoms with E-state index in [1.54, 1.807) is 0 Å². The van der Waals surface area contributed by atoms with Crippen LogP contribution in [0.15, 0.2) is 28.7 Å². The second-order valence-electron chi connectivity index (χ2n) is 3.90. The topological polar surface area (TPSA) is 34.9 Å². The van der Waals surface area contributed by atoms with Crippen molar-refractivity contribution in [1.82, 2.24) is 9.78 Å². The fourth-order valence-corrected chi connectivity index (χ4v) is 2.09. The molecule has 0 N–H and O–H groups in total. The lowest BCUT2D eigenvalue weighted by molar-refractivity contribution is -0.107.